The van der Waals surface area contributed by atoms with Gasteiger partial charge in [-0.15, -0.1) is 0 Å². The van der Waals surface area contributed by atoms with Crippen molar-refractivity contribution in [3.05, 3.63) is 82.8 Å². The normalized spacial score (nSPS) is 32.1. The van der Waals surface area contributed by atoms with Crippen molar-refractivity contribution in [3.63, 3.8) is 0 Å². The third-order valence-corrected chi connectivity index (χ3v) is 6.76. The second kappa shape index (κ2) is 8.65. The summed E-state index contributed by atoms with van der Waals surface area (Å²) in [6.07, 6.45) is 26.7. The first-order valence-electron chi connectivity index (χ1n) is 11.4. The van der Waals surface area contributed by atoms with Gasteiger partial charge in [0.2, 0.25) is 0 Å². The van der Waals surface area contributed by atoms with Crippen LogP contribution >= 0.6 is 0 Å². The molecule has 0 fully saturated rings. The maximum Gasteiger partial charge on any atom is 0.0694 e. The van der Waals surface area contributed by atoms with Crippen LogP contribution in [0.2, 0.25) is 0 Å². The van der Waals surface area contributed by atoms with Crippen LogP contribution in [0.3, 0.4) is 0 Å². The van der Waals surface area contributed by atoms with Gasteiger partial charge in [0.1, 0.15) is 0 Å². The monoisotopic (exact) mass is 388 g/mol. The molecule has 3 N–H and O–H groups in total. The molecule has 0 radical (unpaired) electrons. The van der Waals surface area contributed by atoms with Crippen LogP contribution in [0.4, 0.5) is 0 Å². The van der Waals surface area contributed by atoms with Crippen LogP contribution < -0.4 is 11.1 Å². The number of hydrogen-bond acceptors (Lipinski definition) is 2. The second-order valence-electron chi connectivity index (χ2n) is 9.34. The van der Waals surface area contributed by atoms with E-state index in [1.165, 1.54) is 41.7 Å². The van der Waals surface area contributed by atoms with Crippen LogP contribution in [0.1, 0.15) is 52.9 Å². The molecule has 0 amide bonds. The van der Waals surface area contributed by atoms with E-state index in [-0.39, 0.29) is 6.04 Å². The van der Waals surface area contributed by atoms with Crippen LogP contribution in [0.5, 0.6) is 0 Å². The van der Waals surface area contributed by atoms with Crippen LogP contribution in [-0.2, 0) is 0 Å². The van der Waals surface area contributed by atoms with Gasteiger partial charge in [0.25, 0.3) is 0 Å². The molecule has 4 unspecified atom stereocenters. The minimum Gasteiger partial charge on any atom is -0.400 e. The fourth-order valence-corrected chi connectivity index (χ4v) is 5.45. The molecule has 0 aromatic rings. The number of fused-ring (bicyclic) bond motifs is 1. The Labute approximate surface area is 176 Å². The molecular weight excluding hydrogens is 352 g/mol. The molecule has 1 aliphatic heterocycles. The number of nitrogens with one attached hydrogen (secondary N) is 1. The molecule has 4 atom stereocenters. The lowest BCUT2D eigenvalue weighted by atomic mass is 9.68. The third-order valence-electron chi connectivity index (χ3n) is 6.76. The highest BCUT2D eigenvalue weighted by atomic mass is 15.0. The molecule has 0 saturated heterocycles. The number of allylic oxidation sites excluding steroid dienone is 13. The smallest absolute Gasteiger partial charge is 0.0694 e. The van der Waals surface area contributed by atoms with Crippen molar-refractivity contribution in [1.82, 2.24) is 5.32 Å². The van der Waals surface area contributed by atoms with Crippen molar-refractivity contribution < 1.29 is 0 Å². The van der Waals surface area contributed by atoms with Gasteiger partial charge in [-0.3, -0.25) is 0 Å². The van der Waals surface area contributed by atoms with E-state index in [1.54, 1.807) is 0 Å². The summed E-state index contributed by atoms with van der Waals surface area (Å²) in [5.74, 6) is 1.99. The molecule has 0 aromatic heterocycles. The molecule has 1 heterocycles. The van der Waals surface area contributed by atoms with Crippen LogP contribution in [0.25, 0.3) is 0 Å². The van der Waals surface area contributed by atoms with E-state index in [0.717, 1.165) is 18.5 Å². The maximum atomic E-state index is 6.94. The fraction of sp³-hybridized carbons (Fsp3) is 0.481. The summed E-state index contributed by atoms with van der Waals surface area (Å²) < 4.78 is 0. The summed E-state index contributed by atoms with van der Waals surface area (Å²) in [4.78, 5) is 0. The minimum atomic E-state index is 0.239. The summed E-state index contributed by atoms with van der Waals surface area (Å²) in [6.45, 7) is 6.74. The molecule has 2 nitrogen and oxygen atoms in total. The predicted octanol–water partition coefficient (Wildman–Crippen LogP) is 6.09. The molecule has 2 heteroatoms. The average Bonchev–Trinajstić information content (AvgIpc) is 2.74. The molecule has 0 bridgehead atoms. The summed E-state index contributed by atoms with van der Waals surface area (Å²) >= 11 is 0. The molecule has 154 valence electrons. The Bertz CT molecular complexity index is 844. The van der Waals surface area contributed by atoms with Crippen molar-refractivity contribution in [2.45, 2.75) is 58.9 Å². The zero-order valence-electron chi connectivity index (χ0n) is 18.2. The Balaban J connectivity index is 1.68. The standard InChI is InChI=1S/C27H36N2/c1-18(2)16-24(20-10-6-4-7-11-20)22-14-15-23-25(21-12-8-5-9-13-21)17-19(3)29-27(23)26(22)28/h4,6-8,10,12-13,16-18,20,23,25,27,29H,5,9,11,14-15,28H2,1-3H3/b24-16-. The number of rotatable bonds is 4. The van der Waals surface area contributed by atoms with Gasteiger partial charge < -0.3 is 11.1 Å². The summed E-state index contributed by atoms with van der Waals surface area (Å²) in [7, 11) is 0. The molecular formula is C27H36N2. The predicted molar refractivity (Wildman–Crippen MR) is 124 cm³/mol. The Morgan fingerprint density at radius 2 is 2.07 bits per heavy atom. The van der Waals surface area contributed by atoms with E-state index in [4.69, 9.17) is 5.73 Å². The van der Waals surface area contributed by atoms with Gasteiger partial charge >= 0.3 is 0 Å². The lowest BCUT2D eigenvalue weighted by Gasteiger charge is -2.43. The van der Waals surface area contributed by atoms with E-state index < -0.39 is 0 Å². The van der Waals surface area contributed by atoms with Crippen molar-refractivity contribution >= 4 is 0 Å². The third kappa shape index (κ3) is 4.22. The number of nitrogens with two attached hydrogens (primary N) is 1. The van der Waals surface area contributed by atoms with E-state index in [2.05, 4.69) is 80.8 Å². The Morgan fingerprint density at radius 3 is 2.76 bits per heavy atom. The van der Waals surface area contributed by atoms with Gasteiger partial charge in [-0.1, -0.05) is 68.5 Å². The second-order valence-corrected chi connectivity index (χ2v) is 9.34. The molecule has 3 aliphatic carbocycles. The van der Waals surface area contributed by atoms with Crippen molar-refractivity contribution in [2.75, 3.05) is 0 Å². The van der Waals surface area contributed by atoms with Gasteiger partial charge in [-0.25, -0.2) is 0 Å². The average molecular weight is 389 g/mol. The highest BCUT2D eigenvalue weighted by Crippen LogP contribution is 2.44. The summed E-state index contributed by atoms with van der Waals surface area (Å²) in [5, 5.41) is 3.75. The maximum absolute atomic E-state index is 6.94. The lowest BCUT2D eigenvalue weighted by molar-refractivity contribution is 0.294. The highest BCUT2D eigenvalue weighted by molar-refractivity contribution is 5.45. The molecule has 0 saturated carbocycles. The van der Waals surface area contributed by atoms with E-state index in [9.17, 15) is 0 Å². The van der Waals surface area contributed by atoms with Crippen LogP contribution in [0.15, 0.2) is 82.8 Å². The van der Waals surface area contributed by atoms with Crippen molar-refractivity contribution in [1.29, 1.82) is 0 Å². The summed E-state index contributed by atoms with van der Waals surface area (Å²) in [6, 6.07) is 0.239. The van der Waals surface area contributed by atoms with Crippen molar-refractivity contribution in [2.24, 2.45) is 29.4 Å². The first-order chi connectivity index (χ1) is 14.0. The van der Waals surface area contributed by atoms with E-state index >= 15 is 0 Å². The highest BCUT2D eigenvalue weighted by Gasteiger charge is 2.39. The Hall–Kier alpha value is -2.22. The first kappa shape index (κ1) is 20.1. The number of hydrogen-bond donors (Lipinski definition) is 2. The quantitative estimate of drug-likeness (QED) is 0.611. The van der Waals surface area contributed by atoms with Gasteiger partial charge in [0.05, 0.1) is 6.04 Å². The van der Waals surface area contributed by atoms with E-state index in [0.29, 0.717) is 23.7 Å². The fourth-order valence-electron chi connectivity index (χ4n) is 5.45. The zero-order chi connectivity index (χ0) is 20.4. The van der Waals surface area contributed by atoms with Gasteiger partial charge in [0, 0.05) is 23.2 Å². The topological polar surface area (TPSA) is 38.0 Å². The van der Waals surface area contributed by atoms with Gasteiger partial charge in [-0.2, -0.15) is 0 Å². The molecule has 4 rings (SSSR count). The lowest BCUT2D eigenvalue weighted by Crippen LogP contribution is -2.48. The molecule has 0 aromatic carbocycles. The molecule has 29 heavy (non-hydrogen) atoms. The van der Waals surface area contributed by atoms with Gasteiger partial charge in [0.15, 0.2) is 0 Å². The van der Waals surface area contributed by atoms with E-state index in [1.807, 2.05) is 0 Å². The first-order valence-corrected chi connectivity index (χ1v) is 11.4. The Morgan fingerprint density at radius 1 is 1.21 bits per heavy atom. The SMILES string of the molecule is CC1=CC(C2=CCCC=C2)C2CCC(/C(=C\C(C)C)C3C=CC=CC3)=C(N)C2N1. The zero-order valence-corrected chi connectivity index (χ0v) is 18.2. The molecule has 0 spiro atoms. The van der Waals surface area contributed by atoms with Crippen LogP contribution in [0, 0.1) is 23.7 Å². The minimum absolute atomic E-state index is 0.239. The summed E-state index contributed by atoms with van der Waals surface area (Å²) in [5.41, 5.74) is 13.6. The van der Waals surface area contributed by atoms with Gasteiger partial charge in [-0.05, 0) is 67.6 Å². The van der Waals surface area contributed by atoms with Crippen LogP contribution in [-0.4, -0.2) is 6.04 Å². The largest absolute Gasteiger partial charge is 0.400 e. The van der Waals surface area contributed by atoms with Crippen molar-refractivity contribution in [3.8, 4) is 0 Å². The molecule has 4 aliphatic rings. The Kier molecular flexibility index (Phi) is 5.99.